The van der Waals surface area contributed by atoms with Crippen LogP contribution in [0.1, 0.15) is 50.8 Å². The predicted octanol–water partition coefficient (Wildman–Crippen LogP) is 3.95. The van der Waals surface area contributed by atoms with Gasteiger partial charge in [0, 0.05) is 6.04 Å². The molecule has 0 radical (unpaired) electrons. The SMILES string of the molecule is CCC[C@@]1(C(=O)OCC)N[C@@H](c2ccccc2C)[C@H]2C(=O)N(c3ccc(OCC)cc3)C(=O)[C@H]21. The number of hydrogen-bond acceptors (Lipinski definition) is 6. The molecule has 2 aromatic carbocycles. The highest BCUT2D eigenvalue weighted by Gasteiger charge is 2.68. The van der Waals surface area contributed by atoms with Crippen LogP contribution in [-0.4, -0.2) is 36.5 Å². The molecule has 4 atom stereocenters. The van der Waals surface area contributed by atoms with Gasteiger partial charge in [0.1, 0.15) is 11.3 Å². The first-order valence-electron chi connectivity index (χ1n) is 12.0. The fourth-order valence-electron chi connectivity index (χ4n) is 5.49. The third kappa shape index (κ3) is 3.78. The molecule has 0 aliphatic carbocycles. The zero-order chi connectivity index (χ0) is 24.5. The molecule has 1 N–H and O–H groups in total. The van der Waals surface area contributed by atoms with E-state index in [9.17, 15) is 14.4 Å². The molecule has 2 aromatic rings. The van der Waals surface area contributed by atoms with E-state index in [0.29, 0.717) is 30.9 Å². The summed E-state index contributed by atoms with van der Waals surface area (Å²) in [6.45, 7) is 8.30. The number of carbonyl (C=O) groups is 3. The van der Waals surface area contributed by atoms with Gasteiger partial charge in [0.05, 0.1) is 30.7 Å². The number of esters is 1. The third-order valence-electron chi connectivity index (χ3n) is 6.87. The van der Waals surface area contributed by atoms with Gasteiger partial charge in [-0.3, -0.25) is 19.7 Å². The lowest BCUT2D eigenvalue weighted by atomic mass is 9.76. The van der Waals surface area contributed by atoms with Crippen molar-refractivity contribution in [3.8, 4) is 5.75 Å². The molecule has 7 heteroatoms. The van der Waals surface area contributed by atoms with Crippen LogP contribution in [0.4, 0.5) is 5.69 Å². The molecule has 180 valence electrons. The minimum absolute atomic E-state index is 0.198. The van der Waals surface area contributed by atoms with Gasteiger partial charge in [-0.2, -0.15) is 0 Å². The van der Waals surface area contributed by atoms with Crippen molar-refractivity contribution < 1.29 is 23.9 Å². The minimum Gasteiger partial charge on any atom is -0.494 e. The number of imide groups is 1. The van der Waals surface area contributed by atoms with E-state index < -0.39 is 29.4 Å². The first-order valence-corrected chi connectivity index (χ1v) is 12.0. The topological polar surface area (TPSA) is 84.9 Å². The number of fused-ring (bicyclic) bond motifs is 1. The molecular formula is C27H32N2O5. The van der Waals surface area contributed by atoms with Crippen LogP contribution in [0.3, 0.4) is 0 Å². The lowest BCUT2D eigenvalue weighted by Crippen LogP contribution is -2.56. The van der Waals surface area contributed by atoms with Gasteiger partial charge in [-0.15, -0.1) is 0 Å². The Kier molecular flexibility index (Phi) is 6.75. The quantitative estimate of drug-likeness (QED) is 0.470. The summed E-state index contributed by atoms with van der Waals surface area (Å²) < 4.78 is 11.0. The maximum Gasteiger partial charge on any atom is 0.327 e. The van der Waals surface area contributed by atoms with Crippen LogP contribution < -0.4 is 15.0 Å². The molecule has 2 fully saturated rings. The van der Waals surface area contributed by atoms with Crippen LogP contribution in [0, 0.1) is 18.8 Å². The smallest absolute Gasteiger partial charge is 0.327 e. The molecule has 0 spiro atoms. The molecule has 0 bridgehead atoms. The molecule has 0 saturated carbocycles. The van der Waals surface area contributed by atoms with E-state index in [1.54, 1.807) is 31.2 Å². The van der Waals surface area contributed by atoms with E-state index in [0.717, 1.165) is 11.1 Å². The van der Waals surface area contributed by atoms with E-state index in [2.05, 4.69) is 5.32 Å². The first kappa shape index (κ1) is 24.0. The molecule has 0 unspecified atom stereocenters. The van der Waals surface area contributed by atoms with Gasteiger partial charge in [-0.1, -0.05) is 37.6 Å². The Hall–Kier alpha value is -3.19. The number of benzene rings is 2. The highest BCUT2D eigenvalue weighted by molar-refractivity contribution is 6.24. The van der Waals surface area contributed by atoms with Gasteiger partial charge in [-0.25, -0.2) is 4.90 Å². The summed E-state index contributed by atoms with van der Waals surface area (Å²) in [6, 6.07) is 14.2. The zero-order valence-corrected chi connectivity index (χ0v) is 20.2. The molecule has 2 heterocycles. The Balaban J connectivity index is 1.83. The van der Waals surface area contributed by atoms with Crippen molar-refractivity contribution >= 4 is 23.5 Å². The summed E-state index contributed by atoms with van der Waals surface area (Å²) in [5.74, 6) is -2.05. The standard InChI is InChI=1S/C27H32N2O5/c1-5-16-27(26(32)34-7-3)22-21(23(28-27)20-11-9-8-10-17(20)4)24(30)29(25(22)31)18-12-14-19(15-13-18)33-6-2/h8-15,21-23,28H,5-7,16H2,1-4H3/t21-,22-,23-,27+/m0/s1. The average Bonchev–Trinajstić information content (AvgIpc) is 3.30. The summed E-state index contributed by atoms with van der Waals surface area (Å²) in [4.78, 5) is 42.4. The fraction of sp³-hybridized carbons (Fsp3) is 0.444. The molecule has 34 heavy (non-hydrogen) atoms. The average molecular weight is 465 g/mol. The molecule has 7 nitrogen and oxygen atoms in total. The third-order valence-corrected chi connectivity index (χ3v) is 6.87. The number of rotatable bonds is 8. The van der Waals surface area contributed by atoms with Gasteiger partial charge >= 0.3 is 5.97 Å². The van der Waals surface area contributed by atoms with Gasteiger partial charge in [0.25, 0.3) is 0 Å². The Morgan fingerprint density at radius 3 is 2.32 bits per heavy atom. The predicted molar refractivity (Wildman–Crippen MR) is 128 cm³/mol. The molecule has 2 aliphatic rings. The van der Waals surface area contributed by atoms with E-state index >= 15 is 0 Å². The molecular weight excluding hydrogens is 432 g/mol. The number of nitrogens with one attached hydrogen (secondary N) is 1. The van der Waals surface area contributed by atoms with Crippen molar-refractivity contribution in [2.75, 3.05) is 18.1 Å². The van der Waals surface area contributed by atoms with Crippen molar-refractivity contribution in [3.05, 3.63) is 59.7 Å². The molecule has 2 aliphatic heterocycles. The summed E-state index contributed by atoms with van der Waals surface area (Å²) in [7, 11) is 0. The summed E-state index contributed by atoms with van der Waals surface area (Å²) in [6.07, 6.45) is 1.05. The lowest BCUT2D eigenvalue weighted by Gasteiger charge is -2.32. The Morgan fingerprint density at radius 1 is 1.00 bits per heavy atom. The van der Waals surface area contributed by atoms with Crippen LogP contribution in [0.5, 0.6) is 5.75 Å². The second-order valence-electron chi connectivity index (χ2n) is 8.86. The summed E-state index contributed by atoms with van der Waals surface area (Å²) in [5.41, 5.74) is 1.12. The second-order valence-corrected chi connectivity index (χ2v) is 8.86. The Morgan fingerprint density at radius 2 is 1.71 bits per heavy atom. The van der Waals surface area contributed by atoms with Gasteiger partial charge in [0.2, 0.25) is 11.8 Å². The van der Waals surface area contributed by atoms with E-state index in [-0.39, 0.29) is 18.4 Å². The maximum atomic E-state index is 13.9. The molecule has 2 amide bonds. The van der Waals surface area contributed by atoms with Crippen molar-refractivity contribution in [2.24, 2.45) is 11.8 Å². The number of ether oxygens (including phenoxy) is 2. The molecule has 0 aromatic heterocycles. The summed E-state index contributed by atoms with van der Waals surface area (Å²) >= 11 is 0. The van der Waals surface area contributed by atoms with Crippen molar-refractivity contribution in [3.63, 3.8) is 0 Å². The number of hydrogen-bond donors (Lipinski definition) is 1. The number of anilines is 1. The van der Waals surface area contributed by atoms with E-state index in [4.69, 9.17) is 9.47 Å². The molecule has 2 saturated heterocycles. The number of carbonyl (C=O) groups excluding carboxylic acids is 3. The van der Waals surface area contributed by atoms with Crippen LogP contribution in [-0.2, 0) is 19.1 Å². The van der Waals surface area contributed by atoms with Gasteiger partial charge in [0.15, 0.2) is 0 Å². The minimum atomic E-state index is -1.27. The van der Waals surface area contributed by atoms with Crippen molar-refractivity contribution in [1.82, 2.24) is 5.32 Å². The largest absolute Gasteiger partial charge is 0.494 e. The Labute approximate surface area is 200 Å². The number of nitrogens with zero attached hydrogens (tertiary/aromatic N) is 1. The van der Waals surface area contributed by atoms with Crippen LogP contribution >= 0.6 is 0 Å². The zero-order valence-electron chi connectivity index (χ0n) is 20.2. The van der Waals surface area contributed by atoms with Crippen LogP contribution in [0.25, 0.3) is 0 Å². The number of aryl methyl sites for hydroxylation is 1. The van der Waals surface area contributed by atoms with Gasteiger partial charge < -0.3 is 9.47 Å². The van der Waals surface area contributed by atoms with Crippen molar-refractivity contribution in [2.45, 2.75) is 52.1 Å². The van der Waals surface area contributed by atoms with Crippen LogP contribution in [0.2, 0.25) is 0 Å². The van der Waals surface area contributed by atoms with E-state index in [1.807, 2.05) is 45.0 Å². The fourth-order valence-corrected chi connectivity index (χ4v) is 5.49. The highest BCUT2D eigenvalue weighted by Crippen LogP contribution is 2.52. The Bertz CT molecular complexity index is 1080. The van der Waals surface area contributed by atoms with E-state index in [1.165, 1.54) is 4.90 Å². The molecule has 4 rings (SSSR count). The number of amides is 2. The monoisotopic (exact) mass is 464 g/mol. The van der Waals surface area contributed by atoms with Gasteiger partial charge in [-0.05, 0) is 62.6 Å². The highest BCUT2D eigenvalue weighted by atomic mass is 16.5. The second kappa shape index (κ2) is 9.58. The van der Waals surface area contributed by atoms with Crippen molar-refractivity contribution in [1.29, 1.82) is 0 Å². The summed E-state index contributed by atoms with van der Waals surface area (Å²) in [5, 5.41) is 3.44. The maximum absolute atomic E-state index is 13.9. The lowest BCUT2D eigenvalue weighted by molar-refractivity contribution is -0.155. The van der Waals surface area contributed by atoms with Crippen LogP contribution in [0.15, 0.2) is 48.5 Å². The first-order chi connectivity index (χ1) is 16.4. The normalized spacial score (nSPS) is 26.0.